The summed E-state index contributed by atoms with van der Waals surface area (Å²) in [6, 6.07) is 5.31. The monoisotopic (exact) mass is 308 g/mol. The number of nitrogens with one attached hydrogen (secondary N) is 2. The van der Waals surface area contributed by atoms with Crippen molar-refractivity contribution in [3.63, 3.8) is 0 Å². The Kier molecular flexibility index (Phi) is 4.57. The second kappa shape index (κ2) is 6.57. The van der Waals surface area contributed by atoms with E-state index < -0.39 is 23.2 Å². The van der Waals surface area contributed by atoms with Gasteiger partial charge in [-0.15, -0.1) is 0 Å². The molecule has 0 saturated carbocycles. The predicted molar refractivity (Wildman–Crippen MR) is 76.1 cm³/mol. The summed E-state index contributed by atoms with van der Waals surface area (Å²) in [5.74, 6) is -1.48. The third-order valence-corrected chi connectivity index (χ3v) is 2.59. The van der Waals surface area contributed by atoms with Crippen LogP contribution in [0.3, 0.4) is 0 Å². The van der Waals surface area contributed by atoms with Gasteiger partial charge in [0.25, 0.3) is 5.56 Å². The zero-order valence-electron chi connectivity index (χ0n) is 11.3. The van der Waals surface area contributed by atoms with E-state index in [4.69, 9.17) is 10.5 Å². The van der Waals surface area contributed by atoms with Crippen LogP contribution in [-0.4, -0.2) is 27.6 Å². The number of rotatable bonds is 5. The zero-order valence-corrected chi connectivity index (χ0v) is 11.3. The normalized spacial score (nSPS) is 10.2. The van der Waals surface area contributed by atoms with E-state index in [1.807, 2.05) is 0 Å². The molecule has 2 rings (SSSR count). The minimum atomic E-state index is -0.766. The topological polar surface area (TPSA) is 130 Å². The number of nitrogen functional groups attached to an aromatic ring is 1. The van der Waals surface area contributed by atoms with Crippen molar-refractivity contribution < 1.29 is 19.0 Å². The minimum absolute atomic E-state index is 0.0124. The molecule has 0 bridgehead atoms. The summed E-state index contributed by atoms with van der Waals surface area (Å²) >= 11 is 0. The van der Waals surface area contributed by atoms with Gasteiger partial charge in [0, 0.05) is 0 Å². The van der Waals surface area contributed by atoms with Gasteiger partial charge in [0.1, 0.15) is 11.6 Å². The minimum Gasteiger partial charge on any atom is -0.493 e. The van der Waals surface area contributed by atoms with Crippen LogP contribution in [0.4, 0.5) is 16.0 Å². The number of amides is 1. The van der Waals surface area contributed by atoms with E-state index in [-0.39, 0.29) is 24.7 Å². The van der Waals surface area contributed by atoms with Crippen LogP contribution in [0.15, 0.2) is 29.1 Å². The number of nitrogens with two attached hydrogens (primary N) is 1. The maximum atomic E-state index is 12.7. The highest BCUT2D eigenvalue weighted by molar-refractivity contribution is 5.91. The van der Waals surface area contributed by atoms with E-state index in [1.54, 1.807) is 0 Å². The Balaban J connectivity index is 1.88. The summed E-state index contributed by atoms with van der Waals surface area (Å²) in [7, 11) is 0. The molecule has 1 amide bonds. The number of carbonyl (C=O) groups is 1. The average Bonchev–Trinajstić information content (AvgIpc) is 2.45. The number of halogens is 1. The van der Waals surface area contributed by atoms with Gasteiger partial charge in [-0.3, -0.25) is 14.6 Å². The number of aromatic nitrogens is 2. The van der Waals surface area contributed by atoms with Crippen LogP contribution in [0.5, 0.6) is 11.6 Å². The second-order valence-electron chi connectivity index (χ2n) is 4.25. The van der Waals surface area contributed by atoms with Crippen LogP contribution in [-0.2, 0) is 4.79 Å². The molecule has 2 aromatic rings. The van der Waals surface area contributed by atoms with Gasteiger partial charge in [-0.05, 0) is 24.3 Å². The SMILES string of the molecule is Nc1nc(O)c(NC(=O)CCOc2ccc(F)cc2)c(=O)[nH]1. The lowest BCUT2D eigenvalue weighted by Crippen LogP contribution is -2.22. The molecular formula is C13H13FN4O4. The lowest BCUT2D eigenvalue weighted by molar-refractivity contribution is -0.116. The molecule has 0 radical (unpaired) electrons. The van der Waals surface area contributed by atoms with Crippen LogP contribution >= 0.6 is 0 Å². The smallest absolute Gasteiger partial charge is 0.280 e. The molecule has 0 aliphatic heterocycles. The molecular weight excluding hydrogens is 295 g/mol. The zero-order chi connectivity index (χ0) is 16.1. The molecule has 0 atom stereocenters. The number of benzene rings is 1. The first kappa shape index (κ1) is 15.3. The van der Waals surface area contributed by atoms with Gasteiger partial charge in [-0.2, -0.15) is 4.98 Å². The fourth-order valence-electron chi connectivity index (χ4n) is 1.59. The van der Waals surface area contributed by atoms with Crippen LogP contribution < -0.4 is 21.3 Å². The number of carbonyl (C=O) groups excluding carboxylic acids is 1. The van der Waals surface area contributed by atoms with Crippen LogP contribution in [0, 0.1) is 5.82 Å². The number of aromatic amines is 1. The van der Waals surface area contributed by atoms with Crippen molar-refractivity contribution in [1.29, 1.82) is 0 Å². The highest BCUT2D eigenvalue weighted by Gasteiger charge is 2.13. The van der Waals surface area contributed by atoms with E-state index in [2.05, 4.69) is 15.3 Å². The predicted octanol–water partition coefficient (Wildman–Crippen LogP) is 0.604. The van der Waals surface area contributed by atoms with Crippen LogP contribution in [0.2, 0.25) is 0 Å². The summed E-state index contributed by atoms with van der Waals surface area (Å²) in [6.07, 6.45) is -0.0827. The van der Waals surface area contributed by atoms with Crippen molar-refractivity contribution in [3.8, 4) is 11.6 Å². The van der Waals surface area contributed by atoms with E-state index in [1.165, 1.54) is 24.3 Å². The highest BCUT2D eigenvalue weighted by atomic mass is 19.1. The molecule has 0 aliphatic carbocycles. The molecule has 1 aromatic heterocycles. The number of aromatic hydroxyl groups is 1. The Morgan fingerprint density at radius 2 is 2.09 bits per heavy atom. The molecule has 5 N–H and O–H groups in total. The fraction of sp³-hybridized carbons (Fsp3) is 0.154. The molecule has 0 saturated heterocycles. The number of H-pyrrole nitrogens is 1. The van der Waals surface area contributed by atoms with Crippen molar-refractivity contribution in [2.24, 2.45) is 0 Å². The van der Waals surface area contributed by atoms with Gasteiger partial charge in [0.05, 0.1) is 13.0 Å². The van der Waals surface area contributed by atoms with E-state index in [9.17, 15) is 19.1 Å². The Bertz CT molecular complexity index is 730. The largest absolute Gasteiger partial charge is 0.493 e. The molecule has 116 valence electrons. The summed E-state index contributed by atoms with van der Waals surface area (Å²) in [4.78, 5) is 28.7. The average molecular weight is 308 g/mol. The Hall–Kier alpha value is -3.10. The number of hydrogen-bond donors (Lipinski definition) is 4. The van der Waals surface area contributed by atoms with E-state index in [0.717, 1.165) is 0 Å². The molecule has 0 aliphatic rings. The lowest BCUT2D eigenvalue weighted by Gasteiger charge is -2.07. The maximum absolute atomic E-state index is 12.7. The van der Waals surface area contributed by atoms with Crippen molar-refractivity contribution >= 4 is 17.5 Å². The van der Waals surface area contributed by atoms with Gasteiger partial charge < -0.3 is 20.9 Å². The quantitative estimate of drug-likeness (QED) is 0.640. The molecule has 22 heavy (non-hydrogen) atoms. The molecule has 0 spiro atoms. The third kappa shape index (κ3) is 3.95. The van der Waals surface area contributed by atoms with Gasteiger partial charge in [-0.25, -0.2) is 4.39 Å². The third-order valence-electron chi connectivity index (χ3n) is 2.59. The first-order valence-electron chi connectivity index (χ1n) is 6.22. The maximum Gasteiger partial charge on any atom is 0.280 e. The Morgan fingerprint density at radius 1 is 1.41 bits per heavy atom. The summed E-state index contributed by atoms with van der Waals surface area (Å²) in [5, 5.41) is 11.7. The Labute approximate surface area is 123 Å². The molecule has 0 fully saturated rings. The van der Waals surface area contributed by atoms with E-state index in [0.29, 0.717) is 5.75 Å². The first-order chi connectivity index (χ1) is 10.5. The Morgan fingerprint density at radius 3 is 2.73 bits per heavy atom. The second-order valence-corrected chi connectivity index (χ2v) is 4.25. The first-order valence-corrected chi connectivity index (χ1v) is 6.22. The summed E-state index contributed by atoms with van der Waals surface area (Å²) in [6.45, 7) is 0.0124. The standard InChI is InChI=1S/C13H13FN4O4/c14-7-1-3-8(4-2-7)22-6-5-9(19)16-10-11(20)17-13(15)18-12(10)21/h1-4H,5-6H2,(H,16,19)(H4,15,17,18,20,21). The lowest BCUT2D eigenvalue weighted by atomic mass is 10.3. The van der Waals surface area contributed by atoms with Gasteiger partial charge in [0.2, 0.25) is 17.7 Å². The number of ether oxygens (including phenoxy) is 1. The molecule has 0 unspecified atom stereocenters. The number of anilines is 2. The molecule has 8 nitrogen and oxygen atoms in total. The van der Waals surface area contributed by atoms with Gasteiger partial charge in [0.15, 0.2) is 5.69 Å². The molecule has 9 heteroatoms. The summed E-state index contributed by atoms with van der Waals surface area (Å²) in [5.41, 5.74) is 4.07. The van der Waals surface area contributed by atoms with Crippen molar-refractivity contribution in [2.75, 3.05) is 17.7 Å². The highest BCUT2D eigenvalue weighted by Crippen LogP contribution is 2.15. The van der Waals surface area contributed by atoms with Crippen LogP contribution in [0.1, 0.15) is 6.42 Å². The van der Waals surface area contributed by atoms with Crippen molar-refractivity contribution in [2.45, 2.75) is 6.42 Å². The number of nitrogens with zero attached hydrogens (tertiary/aromatic N) is 1. The number of hydrogen-bond acceptors (Lipinski definition) is 6. The van der Waals surface area contributed by atoms with E-state index >= 15 is 0 Å². The molecule has 1 aromatic carbocycles. The fourth-order valence-corrected chi connectivity index (χ4v) is 1.59. The molecule has 1 heterocycles. The van der Waals surface area contributed by atoms with Crippen LogP contribution in [0.25, 0.3) is 0 Å². The summed E-state index contributed by atoms with van der Waals surface area (Å²) < 4.78 is 17.9. The van der Waals surface area contributed by atoms with Crippen molar-refractivity contribution in [1.82, 2.24) is 9.97 Å². The van der Waals surface area contributed by atoms with Gasteiger partial charge in [-0.1, -0.05) is 0 Å². The van der Waals surface area contributed by atoms with Crippen molar-refractivity contribution in [3.05, 3.63) is 40.4 Å². The van der Waals surface area contributed by atoms with Gasteiger partial charge >= 0.3 is 0 Å².